The predicted molar refractivity (Wildman–Crippen MR) is 105 cm³/mol. The molecule has 0 bridgehead atoms. The number of amides is 2. The third-order valence-electron chi connectivity index (χ3n) is 4.25. The van der Waals surface area contributed by atoms with E-state index in [0.717, 1.165) is 23.3 Å². The van der Waals surface area contributed by atoms with Crippen LogP contribution < -0.4 is 11.1 Å². The first-order chi connectivity index (χ1) is 13.4. The first-order valence-corrected chi connectivity index (χ1v) is 10.3. The number of anilines is 1. The minimum Gasteiger partial charge on any atom is -0.477 e. The number of aromatic nitrogens is 1. The van der Waals surface area contributed by atoms with Crippen LogP contribution in [0, 0.1) is 0 Å². The normalized spacial score (nSPS) is 21.9. The second-order valence-electron chi connectivity index (χ2n) is 6.06. The molecule has 0 aliphatic carbocycles. The monoisotopic (exact) mass is 425 g/mol. The summed E-state index contributed by atoms with van der Waals surface area (Å²) in [6.07, 6.45) is 1.39. The van der Waals surface area contributed by atoms with Crippen molar-refractivity contribution < 1.29 is 24.3 Å². The Kier molecular flexibility index (Phi) is 5.89. The minimum atomic E-state index is -1.13. The molecule has 28 heavy (non-hydrogen) atoms. The van der Waals surface area contributed by atoms with Gasteiger partial charge in [0.1, 0.15) is 29.9 Å². The predicted octanol–water partition coefficient (Wildman–Crippen LogP) is 0.615. The fourth-order valence-electron chi connectivity index (χ4n) is 3.08. The molecule has 1 fully saturated rings. The number of carbonyl (C=O) groups is 3. The first-order valence-electron chi connectivity index (χ1n) is 8.42. The Labute approximate surface area is 168 Å². The number of oxime groups is 1. The first kappa shape index (κ1) is 20.1. The van der Waals surface area contributed by atoms with Crippen LogP contribution in [0.15, 0.2) is 21.8 Å². The molecule has 2 atom stereocenters. The number of thiazole rings is 1. The highest BCUT2D eigenvalue weighted by Crippen LogP contribution is 2.41. The van der Waals surface area contributed by atoms with Crippen LogP contribution >= 0.6 is 23.1 Å². The van der Waals surface area contributed by atoms with E-state index in [2.05, 4.69) is 15.5 Å². The Morgan fingerprint density at radius 1 is 1.54 bits per heavy atom. The van der Waals surface area contributed by atoms with Gasteiger partial charge in [0.25, 0.3) is 11.8 Å². The van der Waals surface area contributed by atoms with E-state index in [-0.39, 0.29) is 22.2 Å². The van der Waals surface area contributed by atoms with Crippen LogP contribution in [0.25, 0.3) is 0 Å². The van der Waals surface area contributed by atoms with E-state index < -0.39 is 29.2 Å². The van der Waals surface area contributed by atoms with Gasteiger partial charge in [0.05, 0.1) is 0 Å². The van der Waals surface area contributed by atoms with Crippen molar-refractivity contribution in [1.82, 2.24) is 15.2 Å². The van der Waals surface area contributed by atoms with E-state index in [1.807, 2.05) is 6.92 Å². The Balaban J connectivity index is 1.78. The molecular formula is C16H19N5O5S2. The van der Waals surface area contributed by atoms with E-state index in [1.165, 1.54) is 23.8 Å². The van der Waals surface area contributed by atoms with Gasteiger partial charge in [-0.3, -0.25) is 14.5 Å². The molecule has 2 aliphatic heterocycles. The van der Waals surface area contributed by atoms with Crippen molar-refractivity contribution in [2.45, 2.75) is 31.2 Å². The average molecular weight is 425 g/mol. The number of β-lactam (4-membered cyclic amide) rings is 1. The van der Waals surface area contributed by atoms with E-state index in [4.69, 9.17) is 10.6 Å². The third kappa shape index (κ3) is 3.56. The molecule has 150 valence electrons. The molecule has 1 aromatic rings. The lowest BCUT2D eigenvalue weighted by molar-refractivity contribution is -0.150. The van der Waals surface area contributed by atoms with Gasteiger partial charge in [0, 0.05) is 11.1 Å². The van der Waals surface area contributed by atoms with Crippen molar-refractivity contribution in [2.24, 2.45) is 5.16 Å². The molecule has 2 amide bonds. The van der Waals surface area contributed by atoms with Gasteiger partial charge in [0.15, 0.2) is 10.8 Å². The van der Waals surface area contributed by atoms with Gasteiger partial charge in [-0.2, -0.15) is 0 Å². The smallest absolute Gasteiger partial charge is 0.352 e. The molecule has 0 unspecified atom stereocenters. The van der Waals surface area contributed by atoms with Crippen LogP contribution in [-0.2, 0) is 19.2 Å². The zero-order chi connectivity index (χ0) is 20.4. The van der Waals surface area contributed by atoms with Crippen LogP contribution in [0.3, 0.4) is 0 Å². The van der Waals surface area contributed by atoms with Crippen LogP contribution in [-0.4, -0.2) is 62.8 Å². The standard InChI is InChI=1S/C16H19N5O5S2/c1-3-4-7-5-27-14-10(13(23)21(14)11(7)15(24)25)19-12(22)9(20-26-2)8-6-28-16(17)18-8/h6,10,14H,3-5H2,1-2H3,(H2,17,18)(H,19,22)(H,24,25)/b20-9-/t10-,14-/m1/s1. The summed E-state index contributed by atoms with van der Waals surface area (Å²) < 4.78 is 0. The summed E-state index contributed by atoms with van der Waals surface area (Å²) in [6.45, 7) is 1.95. The fourth-order valence-corrected chi connectivity index (χ4v) is 5.01. The maximum Gasteiger partial charge on any atom is 0.352 e. The van der Waals surface area contributed by atoms with Gasteiger partial charge in [-0.1, -0.05) is 18.5 Å². The van der Waals surface area contributed by atoms with Crippen LogP contribution in [0.1, 0.15) is 25.5 Å². The van der Waals surface area contributed by atoms with Crippen molar-refractivity contribution in [3.63, 3.8) is 0 Å². The second kappa shape index (κ2) is 8.19. The Hall–Kier alpha value is -2.60. The Morgan fingerprint density at radius 3 is 2.86 bits per heavy atom. The highest BCUT2D eigenvalue weighted by atomic mass is 32.2. The summed E-state index contributed by atoms with van der Waals surface area (Å²) in [5.41, 5.74) is 6.48. The van der Waals surface area contributed by atoms with Crippen LogP contribution in [0.5, 0.6) is 0 Å². The maximum absolute atomic E-state index is 12.6. The molecule has 0 radical (unpaired) electrons. The summed E-state index contributed by atoms with van der Waals surface area (Å²) >= 11 is 2.57. The van der Waals surface area contributed by atoms with E-state index in [1.54, 1.807) is 5.38 Å². The quantitative estimate of drug-likeness (QED) is 0.327. The number of nitrogens with one attached hydrogen (secondary N) is 1. The largest absolute Gasteiger partial charge is 0.477 e. The highest BCUT2D eigenvalue weighted by molar-refractivity contribution is 8.00. The van der Waals surface area contributed by atoms with Crippen molar-refractivity contribution in [1.29, 1.82) is 0 Å². The van der Waals surface area contributed by atoms with Gasteiger partial charge >= 0.3 is 5.97 Å². The maximum atomic E-state index is 12.6. The number of hydrogen-bond donors (Lipinski definition) is 3. The molecular weight excluding hydrogens is 406 g/mol. The lowest BCUT2D eigenvalue weighted by Crippen LogP contribution is -2.71. The lowest BCUT2D eigenvalue weighted by atomic mass is 10.0. The van der Waals surface area contributed by atoms with E-state index in [9.17, 15) is 19.5 Å². The molecule has 1 aromatic heterocycles. The number of fused-ring (bicyclic) bond motifs is 1. The zero-order valence-electron chi connectivity index (χ0n) is 15.2. The second-order valence-corrected chi connectivity index (χ2v) is 8.06. The SMILES string of the molecule is CCCC1=C(C(=O)O)N2C(=O)[C@@H](NC(=O)/C(=N\OC)c3csc(N)n3)[C@H]2SC1. The number of rotatable bonds is 7. The Bertz CT molecular complexity index is 881. The zero-order valence-corrected chi connectivity index (χ0v) is 16.8. The summed E-state index contributed by atoms with van der Waals surface area (Å²) in [5, 5.41) is 17.2. The highest BCUT2D eigenvalue weighted by Gasteiger charge is 2.54. The topological polar surface area (TPSA) is 147 Å². The molecule has 12 heteroatoms. The summed E-state index contributed by atoms with van der Waals surface area (Å²) in [5.74, 6) is -1.75. The molecule has 0 spiro atoms. The van der Waals surface area contributed by atoms with Crippen molar-refractivity contribution in [3.05, 3.63) is 22.3 Å². The molecule has 0 saturated carbocycles. The number of carboxylic acids is 1. The van der Waals surface area contributed by atoms with Crippen molar-refractivity contribution in [3.8, 4) is 0 Å². The van der Waals surface area contributed by atoms with Gasteiger partial charge in [-0.15, -0.1) is 23.1 Å². The van der Waals surface area contributed by atoms with Crippen molar-refractivity contribution in [2.75, 3.05) is 18.6 Å². The Morgan fingerprint density at radius 2 is 2.29 bits per heavy atom. The van der Waals surface area contributed by atoms with Crippen LogP contribution in [0.4, 0.5) is 5.13 Å². The summed E-state index contributed by atoms with van der Waals surface area (Å²) in [7, 11) is 1.29. The molecule has 3 heterocycles. The fraction of sp³-hybridized carbons (Fsp3) is 0.438. The van der Waals surface area contributed by atoms with Crippen LogP contribution in [0.2, 0.25) is 0 Å². The number of nitrogens with zero attached hydrogens (tertiary/aromatic N) is 3. The number of hydrogen-bond acceptors (Lipinski definition) is 9. The number of aliphatic carboxylic acids is 1. The number of nitrogens with two attached hydrogens (primary N) is 1. The molecule has 0 aromatic carbocycles. The molecule has 2 aliphatic rings. The van der Waals surface area contributed by atoms with Gasteiger partial charge in [-0.05, 0) is 12.0 Å². The minimum absolute atomic E-state index is 0.0270. The van der Waals surface area contributed by atoms with Gasteiger partial charge in [0.2, 0.25) is 0 Å². The van der Waals surface area contributed by atoms with Gasteiger partial charge < -0.3 is 21.0 Å². The number of carboxylic acid groups (broad SMARTS) is 1. The average Bonchev–Trinajstić information content (AvgIpc) is 3.09. The van der Waals surface area contributed by atoms with E-state index >= 15 is 0 Å². The molecule has 10 nitrogen and oxygen atoms in total. The molecule has 4 N–H and O–H groups in total. The summed E-state index contributed by atoms with van der Waals surface area (Å²) in [4.78, 5) is 46.9. The lowest BCUT2D eigenvalue weighted by Gasteiger charge is -2.49. The number of thioether (sulfide) groups is 1. The third-order valence-corrected chi connectivity index (χ3v) is 6.26. The van der Waals surface area contributed by atoms with Gasteiger partial charge in [-0.25, -0.2) is 9.78 Å². The number of carbonyl (C=O) groups excluding carboxylic acids is 2. The number of nitrogen functional groups attached to an aromatic ring is 1. The van der Waals surface area contributed by atoms with Crippen molar-refractivity contribution >= 4 is 51.7 Å². The summed E-state index contributed by atoms with van der Waals surface area (Å²) in [6, 6.07) is -0.854. The molecule has 3 rings (SSSR count). The van der Waals surface area contributed by atoms with E-state index in [0.29, 0.717) is 12.2 Å². The molecule has 1 saturated heterocycles.